The number of halogens is 3. The van der Waals surface area contributed by atoms with Crippen LogP contribution in [0.15, 0.2) is 39.3 Å². The Morgan fingerprint density at radius 3 is 2.14 bits per heavy atom. The molecule has 0 spiro atoms. The molecule has 2 N–H and O–H groups in total. The van der Waals surface area contributed by atoms with Crippen LogP contribution in [0, 0.1) is 0 Å². The van der Waals surface area contributed by atoms with Crippen LogP contribution in [0.4, 0.5) is 0 Å². The molecule has 0 bridgehead atoms. The van der Waals surface area contributed by atoms with Crippen molar-refractivity contribution >= 4 is 43.5 Å². The zero-order valence-corrected chi connectivity index (χ0v) is 15.4. The second kappa shape index (κ2) is 7.01. The molecule has 2 aromatic carbocycles. The molecule has 0 fully saturated rings. The summed E-state index contributed by atoms with van der Waals surface area (Å²) in [6.45, 7) is 0. The third-order valence-corrected chi connectivity index (χ3v) is 4.78. The SMILES string of the molecule is COc1cc(Br)c(C(N)c2cc(Cl)ccc2Br)cc1OC. The lowest BCUT2D eigenvalue weighted by Gasteiger charge is -2.18. The molecule has 3 nitrogen and oxygen atoms in total. The highest BCUT2D eigenvalue weighted by molar-refractivity contribution is 9.10. The molecule has 6 heteroatoms. The van der Waals surface area contributed by atoms with Crippen LogP contribution in [0.25, 0.3) is 0 Å². The zero-order valence-electron chi connectivity index (χ0n) is 11.5. The summed E-state index contributed by atoms with van der Waals surface area (Å²) in [7, 11) is 3.19. The number of benzene rings is 2. The second-order valence-electron chi connectivity index (χ2n) is 4.37. The maximum atomic E-state index is 6.39. The van der Waals surface area contributed by atoms with E-state index in [1.165, 1.54) is 0 Å². The van der Waals surface area contributed by atoms with Gasteiger partial charge in [-0.2, -0.15) is 0 Å². The number of hydrogen-bond acceptors (Lipinski definition) is 3. The molecule has 0 amide bonds. The minimum atomic E-state index is -0.354. The topological polar surface area (TPSA) is 44.5 Å². The summed E-state index contributed by atoms with van der Waals surface area (Å²) >= 11 is 13.1. The van der Waals surface area contributed by atoms with E-state index < -0.39 is 0 Å². The molecular weight excluding hydrogens is 421 g/mol. The van der Waals surface area contributed by atoms with Crippen LogP contribution in [-0.2, 0) is 0 Å². The van der Waals surface area contributed by atoms with Gasteiger partial charge in [-0.1, -0.05) is 43.5 Å². The lowest BCUT2D eigenvalue weighted by atomic mass is 9.99. The van der Waals surface area contributed by atoms with Crippen molar-refractivity contribution in [2.75, 3.05) is 14.2 Å². The molecule has 0 aromatic heterocycles. The third kappa shape index (κ3) is 3.54. The molecule has 0 aliphatic carbocycles. The van der Waals surface area contributed by atoms with Crippen molar-refractivity contribution in [3.05, 3.63) is 55.4 Å². The smallest absolute Gasteiger partial charge is 0.161 e. The van der Waals surface area contributed by atoms with Crippen LogP contribution in [0.1, 0.15) is 17.2 Å². The summed E-state index contributed by atoms with van der Waals surface area (Å²) in [6, 6.07) is 8.89. The number of hydrogen-bond donors (Lipinski definition) is 1. The van der Waals surface area contributed by atoms with E-state index in [2.05, 4.69) is 31.9 Å². The van der Waals surface area contributed by atoms with E-state index in [-0.39, 0.29) is 6.04 Å². The first kappa shape index (κ1) is 16.6. The van der Waals surface area contributed by atoms with Gasteiger partial charge in [0.1, 0.15) is 0 Å². The van der Waals surface area contributed by atoms with Gasteiger partial charge < -0.3 is 15.2 Å². The third-order valence-electron chi connectivity index (χ3n) is 3.13. The van der Waals surface area contributed by atoms with Gasteiger partial charge in [0, 0.05) is 14.0 Å². The molecule has 2 rings (SSSR count). The first-order valence-electron chi connectivity index (χ1n) is 6.10. The molecule has 1 atom stereocenters. The minimum absolute atomic E-state index is 0.354. The van der Waals surface area contributed by atoms with Gasteiger partial charge in [-0.3, -0.25) is 0 Å². The Balaban J connectivity index is 2.52. The van der Waals surface area contributed by atoms with E-state index in [0.717, 1.165) is 20.1 Å². The Morgan fingerprint density at radius 1 is 0.952 bits per heavy atom. The van der Waals surface area contributed by atoms with Crippen LogP contribution in [0.2, 0.25) is 5.02 Å². The Hall–Kier alpha value is -0.750. The van der Waals surface area contributed by atoms with Crippen LogP contribution in [-0.4, -0.2) is 14.2 Å². The molecule has 0 radical (unpaired) electrons. The lowest BCUT2D eigenvalue weighted by Crippen LogP contribution is -2.13. The molecule has 0 saturated heterocycles. The predicted molar refractivity (Wildman–Crippen MR) is 92.4 cm³/mol. The molecule has 0 aliphatic rings. The van der Waals surface area contributed by atoms with Gasteiger partial charge in [0.15, 0.2) is 11.5 Å². The zero-order chi connectivity index (χ0) is 15.6. The highest BCUT2D eigenvalue weighted by Gasteiger charge is 2.18. The number of ether oxygens (including phenoxy) is 2. The van der Waals surface area contributed by atoms with Crippen molar-refractivity contribution in [2.45, 2.75) is 6.04 Å². The monoisotopic (exact) mass is 433 g/mol. The predicted octanol–water partition coefficient (Wildman–Crippen LogP) is 4.93. The molecule has 0 heterocycles. The van der Waals surface area contributed by atoms with Crippen molar-refractivity contribution < 1.29 is 9.47 Å². The Morgan fingerprint density at radius 2 is 1.52 bits per heavy atom. The van der Waals surface area contributed by atoms with E-state index in [4.69, 9.17) is 26.8 Å². The average Bonchev–Trinajstić information content (AvgIpc) is 2.48. The van der Waals surface area contributed by atoms with Gasteiger partial charge in [-0.05, 0) is 41.5 Å². The van der Waals surface area contributed by atoms with E-state index in [0.29, 0.717) is 16.5 Å². The van der Waals surface area contributed by atoms with E-state index in [1.807, 2.05) is 30.3 Å². The molecular formula is C15H14Br2ClNO2. The molecule has 0 saturated carbocycles. The van der Waals surface area contributed by atoms with Crippen LogP contribution in [0.5, 0.6) is 11.5 Å². The molecule has 1 unspecified atom stereocenters. The van der Waals surface area contributed by atoms with E-state index in [9.17, 15) is 0 Å². The number of rotatable bonds is 4. The minimum Gasteiger partial charge on any atom is -0.493 e. The van der Waals surface area contributed by atoms with Crippen LogP contribution < -0.4 is 15.2 Å². The lowest BCUT2D eigenvalue weighted by molar-refractivity contribution is 0.354. The van der Waals surface area contributed by atoms with Gasteiger partial charge in [-0.15, -0.1) is 0 Å². The molecule has 112 valence electrons. The van der Waals surface area contributed by atoms with E-state index in [1.54, 1.807) is 14.2 Å². The second-order valence-corrected chi connectivity index (χ2v) is 6.52. The summed E-state index contributed by atoms with van der Waals surface area (Å²) in [5, 5.41) is 0.639. The van der Waals surface area contributed by atoms with Crippen molar-refractivity contribution in [2.24, 2.45) is 5.73 Å². The average molecular weight is 436 g/mol. The highest BCUT2D eigenvalue weighted by Crippen LogP contribution is 2.39. The van der Waals surface area contributed by atoms with Gasteiger partial charge >= 0.3 is 0 Å². The highest BCUT2D eigenvalue weighted by atomic mass is 79.9. The summed E-state index contributed by atoms with van der Waals surface area (Å²) in [5.74, 6) is 1.27. The fourth-order valence-corrected chi connectivity index (χ4v) is 3.27. The fraction of sp³-hybridized carbons (Fsp3) is 0.200. The Labute approximate surface area is 145 Å². The Kier molecular flexibility index (Phi) is 5.54. The van der Waals surface area contributed by atoms with Crippen molar-refractivity contribution in [1.82, 2.24) is 0 Å². The number of methoxy groups -OCH3 is 2. The van der Waals surface area contributed by atoms with Gasteiger partial charge in [0.25, 0.3) is 0 Å². The first-order valence-corrected chi connectivity index (χ1v) is 8.06. The number of nitrogens with two attached hydrogens (primary N) is 1. The standard InChI is InChI=1S/C15H14Br2ClNO2/c1-20-13-6-10(12(17)7-14(13)21-2)15(19)9-5-8(18)3-4-11(9)16/h3-7,15H,19H2,1-2H3. The van der Waals surface area contributed by atoms with Gasteiger partial charge in [0.05, 0.1) is 20.3 Å². The summed E-state index contributed by atoms with van der Waals surface area (Å²) in [5.41, 5.74) is 8.17. The molecule has 21 heavy (non-hydrogen) atoms. The summed E-state index contributed by atoms with van der Waals surface area (Å²) < 4.78 is 12.4. The largest absolute Gasteiger partial charge is 0.493 e. The summed E-state index contributed by atoms with van der Waals surface area (Å²) in [4.78, 5) is 0. The van der Waals surface area contributed by atoms with Crippen LogP contribution in [0.3, 0.4) is 0 Å². The van der Waals surface area contributed by atoms with Crippen LogP contribution >= 0.6 is 43.5 Å². The van der Waals surface area contributed by atoms with E-state index >= 15 is 0 Å². The van der Waals surface area contributed by atoms with Gasteiger partial charge in [-0.25, -0.2) is 0 Å². The Bertz CT molecular complexity index is 664. The van der Waals surface area contributed by atoms with Crippen molar-refractivity contribution in [3.8, 4) is 11.5 Å². The normalized spacial score (nSPS) is 12.1. The van der Waals surface area contributed by atoms with Gasteiger partial charge in [0.2, 0.25) is 0 Å². The molecule has 0 aliphatic heterocycles. The summed E-state index contributed by atoms with van der Waals surface area (Å²) in [6.07, 6.45) is 0. The first-order chi connectivity index (χ1) is 9.97. The maximum Gasteiger partial charge on any atom is 0.161 e. The maximum absolute atomic E-state index is 6.39. The van der Waals surface area contributed by atoms with Crippen molar-refractivity contribution in [1.29, 1.82) is 0 Å². The molecule has 2 aromatic rings. The quantitative estimate of drug-likeness (QED) is 0.741. The van der Waals surface area contributed by atoms with Crippen molar-refractivity contribution in [3.63, 3.8) is 0 Å². The fourth-order valence-electron chi connectivity index (χ4n) is 2.03.